The lowest BCUT2D eigenvalue weighted by Crippen LogP contribution is -2.23. The Kier molecular flexibility index (Phi) is 8.89. The van der Waals surface area contributed by atoms with E-state index in [4.69, 9.17) is 4.74 Å². The normalized spacial score (nSPS) is 11.3. The number of hydrogen-bond acceptors (Lipinski definition) is 4. The van der Waals surface area contributed by atoms with Gasteiger partial charge in [0.2, 0.25) is 5.91 Å². The Balaban J connectivity index is 2.29. The fourth-order valence-corrected chi connectivity index (χ4v) is 2.11. The van der Waals surface area contributed by atoms with Crippen LogP contribution in [-0.2, 0) is 25.7 Å². The summed E-state index contributed by atoms with van der Waals surface area (Å²) in [5.74, 6) is -2.56. The predicted molar refractivity (Wildman–Crippen MR) is 89.0 cm³/mol. The van der Waals surface area contributed by atoms with Gasteiger partial charge in [0.15, 0.2) is 0 Å². The summed E-state index contributed by atoms with van der Waals surface area (Å²) in [6.07, 6.45) is 2.63. The highest BCUT2D eigenvalue weighted by molar-refractivity contribution is 5.86. The summed E-state index contributed by atoms with van der Waals surface area (Å²) in [6, 6.07) is 9.21. The van der Waals surface area contributed by atoms with Crippen LogP contribution in [0.3, 0.4) is 0 Å². The highest BCUT2D eigenvalue weighted by Crippen LogP contribution is 2.15. The number of hydrogen-bond donors (Lipinski definition) is 2. The maximum atomic E-state index is 11.8. The number of carbonyl (C=O) groups is 3. The SMILES string of the molecule is C=CC(=O)NCCCC[C@@H](CC(=O)OCc1ccccc1)C(=O)O. The number of aliphatic carboxylic acids is 1. The third-order valence-corrected chi connectivity index (χ3v) is 3.47. The number of unbranched alkanes of at least 4 members (excludes halogenated alkanes) is 1. The Morgan fingerprint density at radius 3 is 2.54 bits per heavy atom. The lowest BCUT2D eigenvalue weighted by Gasteiger charge is -2.12. The lowest BCUT2D eigenvalue weighted by atomic mass is 9.98. The van der Waals surface area contributed by atoms with Crippen LogP contribution < -0.4 is 5.32 Å². The molecule has 0 heterocycles. The van der Waals surface area contributed by atoms with Gasteiger partial charge in [-0.3, -0.25) is 14.4 Å². The molecule has 0 aliphatic carbocycles. The largest absolute Gasteiger partial charge is 0.481 e. The summed E-state index contributed by atoms with van der Waals surface area (Å²) in [5.41, 5.74) is 0.857. The van der Waals surface area contributed by atoms with Crippen LogP contribution in [0, 0.1) is 5.92 Å². The van der Waals surface area contributed by atoms with E-state index in [1.54, 1.807) is 0 Å². The Hall–Kier alpha value is -2.63. The van der Waals surface area contributed by atoms with Gasteiger partial charge in [0, 0.05) is 6.54 Å². The zero-order valence-electron chi connectivity index (χ0n) is 13.6. The van der Waals surface area contributed by atoms with Crippen molar-refractivity contribution in [2.45, 2.75) is 32.3 Å². The number of carbonyl (C=O) groups excluding carboxylic acids is 2. The first kappa shape index (κ1) is 19.4. The van der Waals surface area contributed by atoms with Gasteiger partial charge in [-0.15, -0.1) is 0 Å². The standard InChI is InChI=1S/C18H23NO5/c1-2-16(20)19-11-7-6-10-15(18(22)23)12-17(21)24-13-14-8-4-3-5-9-14/h2-5,8-9,15H,1,6-7,10-13H2,(H,19,20)(H,22,23)/t15-/m0/s1. The van der Waals surface area contributed by atoms with Crippen molar-refractivity contribution in [2.75, 3.05) is 6.54 Å². The summed E-state index contributed by atoms with van der Waals surface area (Å²) < 4.78 is 5.11. The zero-order valence-corrected chi connectivity index (χ0v) is 13.6. The Morgan fingerprint density at radius 1 is 1.21 bits per heavy atom. The zero-order chi connectivity index (χ0) is 17.8. The molecule has 24 heavy (non-hydrogen) atoms. The number of amides is 1. The van der Waals surface area contributed by atoms with Crippen LogP contribution in [-0.4, -0.2) is 29.5 Å². The fraction of sp³-hybridized carbons (Fsp3) is 0.389. The number of carboxylic acids is 1. The van der Waals surface area contributed by atoms with Gasteiger partial charge in [-0.2, -0.15) is 0 Å². The van der Waals surface area contributed by atoms with E-state index in [-0.39, 0.29) is 18.9 Å². The molecule has 1 aromatic carbocycles. The second-order valence-electron chi connectivity index (χ2n) is 5.38. The number of esters is 1. The summed E-state index contributed by atoms with van der Waals surface area (Å²) in [7, 11) is 0. The molecule has 0 radical (unpaired) electrons. The number of benzene rings is 1. The minimum atomic E-state index is -1.01. The Labute approximate surface area is 141 Å². The lowest BCUT2D eigenvalue weighted by molar-refractivity contribution is -0.152. The number of ether oxygens (including phenoxy) is 1. The highest BCUT2D eigenvalue weighted by atomic mass is 16.5. The van der Waals surface area contributed by atoms with Crippen LogP contribution in [0.1, 0.15) is 31.2 Å². The molecule has 2 N–H and O–H groups in total. The van der Waals surface area contributed by atoms with E-state index < -0.39 is 17.9 Å². The van der Waals surface area contributed by atoms with Crippen molar-refractivity contribution >= 4 is 17.8 Å². The average Bonchev–Trinajstić information content (AvgIpc) is 2.59. The maximum Gasteiger partial charge on any atom is 0.307 e. The van der Waals surface area contributed by atoms with Gasteiger partial charge in [-0.05, 0) is 24.5 Å². The van der Waals surface area contributed by atoms with E-state index >= 15 is 0 Å². The summed E-state index contributed by atoms with van der Waals surface area (Å²) in [6.45, 7) is 3.93. The van der Waals surface area contributed by atoms with Gasteiger partial charge in [0.25, 0.3) is 0 Å². The Morgan fingerprint density at radius 2 is 1.92 bits per heavy atom. The second kappa shape index (κ2) is 11.0. The van der Waals surface area contributed by atoms with E-state index in [9.17, 15) is 19.5 Å². The third-order valence-electron chi connectivity index (χ3n) is 3.47. The van der Waals surface area contributed by atoms with E-state index in [2.05, 4.69) is 11.9 Å². The molecule has 1 aromatic rings. The minimum absolute atomic E-state index is 0.138. The smallest absolute Gasteiger partial charge is 0.307 e. The summed E-state index contributed by atoms with van der Waals surface area (Å²) in [4.78, 5) is 34.0. The van der Waals surface area contributed by atoms with Crippen LogP contribution in [0.5, 0.6) is 0 Å². The van der Waals surface area contributed by atoms with E-state index in [0.29, 0.717) is 25.8 Å². The molecule has 1 rings (SSSR count). The molecule has 0 saturated carbocycles. The van der Waals surface area contributed by atoms with Gasteiger partial charge in [0.05, 0.1) is 12.3 Å². The number of nitrogens with one attached hydrogen (secondary N) is 1. The molecule has 0 bridgehead atoms. The molecule has 0 saturated heterocycles. The first-order valence-electron chi connectivity index (χ1n) is 7.85. The average molecular weight is 333 g/mol. The van der Waals surface area contributed by atoms with Crippen LogP contribution in [0.4, 0.5) is 0 Å². The van der Waals surface area contributed by atoms with Crippen molar-refractivity contribution in [1.82, 2.24) is 5.32 Å². The van der Waals surface area contributed by atoms with Gasteiger partial charge in [-0.25, -0.2) is 0 Å². The maximum absolute atomic E-state index is 11.8. The molecule has 0 unspecified atom stereocenters. The van der Waals surface area contributed by atoms with E-state index in [0.717, 1.165) is 5.56 Å². The predicted octanol–water partition coefficient (Wildman–Crippen LogP) is 2.29. The molecular formula is C18H23NO5. The van der Waals surface area contributed by atoms with E-state index in [1.165, 1.54) is 6.08 Å². The van der Waals surface area contributed by atoms with Crippen molar-refractivity contribution in [2.24, 2.45) is 5.92 Å². The molecular weight excluding hydrogens is 310 g/mol. The van der Waals surface area contributed by atoms with Crippen LogP contribution in [0.2, 0.25) is 0 Å². The van der Waals surface area contributed by atoms with Crippen molar-refractivity contribution < 1.29 is 24.2 Å². The quantitative estimate of drug-likeness (QED) is 0.368. The van der Waals surface area contributed by atoms with Crippen molar-refractivity contribution in [3.63, 3.8) is 0 Å². The van der Waals surface area contributed by atoms with Crippen LogP contribution >= 0.6 is 0 Å². The molecule has 1 atom stereocenters. The molecule has 6 heteroatoms. The summed E-state index contributed by atoms with van der Waals surface area (Å²) >= 11 is 0. The molecule has 6 nitrogen and oxygen atoms in total. The monoisotopic (exact) mass is 333 g/mol. The van der Waals surface area contributed by atoms with Gasteiger partial charge in [-0.1, -0.05) is 43.3 Å². The molecule has 130 valence electrons. The first-order valence-corrected chi connectivity index (χ1v) is 7.85. The topological polar surface area (TPSA) is 92.7 Å². The van der Waals surface area contributed by atoms with Crippen LogP contribution in [0.15, 0.2) is 43.0 Å². The highest BCUT2D eigenvalue weighted by Gasteiger charge is 2.21. The first-order chi connectivity index (χ1) is 11.5. The second-order valence-corrected chi connectivity index (χ2v) is 5.38. The van der Waals surface area contributed by atoms with Crippen molar-refractivity contribution in [3.05, 3.63) is 48.6 Å². The number of rotatable bonds is 11. The molecule has 0 spiro atoms. The van der Waals surface area contributed by atoms with Gasteiger partial charge < -0.3 is 15.2 Å². The molecule has 0 aliphatic rings. The third kappa shape index (κ3) is 8.12. The summed E-state index contributed by atoms with van der Waals surface area (Å²) in [5, 5.41) is 11.8. The van der Waals surface area contributed by atoms with Gasteiger partial charge in [0.1, 0.15) is 6.61 Å². The van der Waals surface area contributed by atoms with Crippen molar-refractivity contribution in [3.8, 4) is 0 Å². The number of carboxylic acid groups (broad SMARTS) is 1. The fourth-order valence-electron chi connectivity index (χ4n) is 2.11. The molecule has 0 aliphatic heterocycles. The van der Waals surface area contributed by atoms with Gasteiger partial charge >= 0.3 is 11.9 Å². The molecule has 1 amide bonds. The van der Waals surface area contributed by atoms with E-state index in [1.807, 2.05) is 30.3 Å². The van der Waals surface area contributed by atoms with Crippen molar-refractivity contribution in [1.29, 1.82) is 0 Å². The minimum Gasteiger partial charge on any atom is -0.481 e. The molecule has 0 fully saturated rings. The van der Waals surface area contributed by atoms with Crippen LogP contribution in [0.25, 0.3) is 0 Å². The Bertz CT molecular complexity index is 556. The molecule has 0 aromatic heterocycles.